The fourth-order valence-corrected chi connectivity index (χ4v) is 3.74. The van der Waals surface area contributed by atoms with Gasteiger partial charge in [-0.1, -0.05) is 18.2 Å². The van der Waals surface area contributed by atoms with E-state index < -0.39 is 17.8 Å². The summed E-state index contributed by atoms with van der Waals surface area (Å²) >= 11 is 0. The summed E-state index contributed by atoms with van der Waals surface area (Å²) in [4.78, 5) is 48.6. The number of amides is 5. The third-order valence-corrected chi connectivity index (χ3v) is 5.65. The van der Waals surface area contributed by atoms with Gasteiger partial charge in [0.25, 0.3) is 5.91 Å². The summed E-state index contributed by atoms with van der Waals surface area (Å²) in [5.74, 6) is -1.10. The van der Waals surface area contributed by atoms with Crippen LogP contribution >= 0.6 is 0 Å². The SMILES string of the molecule is COc1ccc(CN2C(=O)NC(=O)C2=O)cc1C(=O)NCCCc1ccc(Oc2ccc(F)cc2)cc1. The molecule has 1 heterocycles. The molecule has 37 heavy (non-hydrogen) atoms. The van der Waals surface area contributed by atoms with Crippen molar-refractivity contribution in [1.82, 2.24) is 15.5 Å². The summed E-state index contributed by atoms with van der Waals surface area (Å²) in [7, 11) is 1.44. The maximum Gasteiger partial charge on any atom is 0.331 e. The number of imide groups is 2. The van der Waals surface area contributed by atoms with Crippen LogP contribution in [0.4, 0.5) is 9.18 Å². The number of urea groups is 1. The van der Waals surface area contributed by atoms with E-state index in [2.05, 4.69) is 5.32 Å². The Balaban J connectivity index is 1.29. The number of aryl methyl sites for hydroxylation is 1. The first-order valence-electron chi connectivity index (χ1n) is 11.5. The number of benzene rings is 3. The summed E-state index contributed by atoms with van der Waals surface area (Å²) in [6.07, 6.45) is 1.39. The van der Waals surface area contributed by atoms with E-state index in [4.69, 9.17) is 9.47 Å². The lowest BCUT2D eigenvalue weighted by Gasteiger charge is -2.14. The van der Waals surface area contributed by atoms with Crippen LogP contribution in [0.25, 0.3) is 0 Å². The third kappa shape index (κ3) is 6.29. The van der Waals surface area contributed by atoms with Gasteiger partial charge in [0, 0.05) is 6.54 Å². The van der Waals surface area contributed by atoms with Gasteiger partial charge in [-0.2, -0.15) is 0 Å². The second kappa shape index (κ2) is 11.3. The molecule has 1 aliphatic heterocycles. The van der Waals surface area contributed by atoms with Gasteiger partial charge in [-0.05, 0) is 72.5 Å². The summed E-state index contributed by atoms with van der Waals surface area (Å²) in [6.45, 7) is 0.253. The Labute approximate surface area is 212 Å². The minimum Gasteiger partial charge on any atom is -0.496 e. The number of hydrogen-bond acceptors (Lipinski definition) is 6. The molecule has 9 nitrogen and oxygen atoms in total. The van der Waals surface area contributed by atoms with E-state index in [-0.39, 0.29) is 23.8 Å². The zero-order valence-corrected chi connectivity index (χ0v) is 20.0. The van der Waals surface area contributed by atoms with Crippen LogP contribution in [-0.2, 0) is 22.6 Å². The largest absolute Gasteiger partial charge is 0.496 e. The molecule has 190 valence electrons. The smallest absolute Gasteiger partial charge is 0.331 e. The molecule has 0 bridgehead atoms. The first kappa shape index (κ1) is 25.4. The number of nitrogens with zero attached hydrogens (tertiary/aromatic N) is 1. The predicted molar refractivity (Wildman–Crippen MR) is 131 cm³/mol. The summed E-state index contributed by atoms with van der Waals surface area (Å²) in [5, 5.41) is 4.79. The molecule has 0 aliphatic carbocycles. The Morgan fingerprint density at radius 3 is 2.22 bits per heavy atom. The van der Waals surface area contributed by atoms with E-state index in [0.717, 1.165) is 10.5 Å². The highest BCUT2D eigenvalue weighted by atomic mass is 19.1. The molecule has 0 spiro atoms. The van der Waals surface area contributed by atoms with Crippen molar-refractivity contribution in [3.8, 4) is 17.2 Å². The van der Waals surface area contributed by atoms with E-state index in [1.165, 1.54) is 25.3 Å². The average Bonchev–Trinajstić information content (AvgIpc) is 3.14. The molecule has 5 amide bonds. The van der Waals surface area contributed by atoms with Crippen molar-refractivity contribution in [2.75, 3.05) is 13.7 Å². The van der Waals surface area contributed by atoms with Crippen molar-refractivity contribution >= 4 is 23.8 Å². The Morgan fingerprint density at radius 2 is 1.59 bits per heavy atom. The molecular weight excluding hydrogens is 481 g/mol. The molecule has 4 rings (SSSR count). The lowest BCUT2D eigenvalue weighted by Crippen LogP contribution is -2.30. The molecule has 0 unspecified atom stereocenters. The molecule has 1 fully saturated rings. The number of ether oxygens (including phenoxy) is 2. The average molecular weight is 506 g/mol. The summed E-state index contributed by atoms with van der Waals surface area (Å²) in [5.41, 5.74) is 1.80. The molecular formula is C27H24FN3O6. The van der Waals surface area contributed by atoms with Crippen LogP contribution < -0.4 is 20.1 Å². The molecule has 3 aromatic rings. The molecule has 10 heteroatoms. The van der Waals surface area contributed by atoms with Crippen molar-refractivity contribution in [2.45, 2.75) is 19.4 Å². The van der Waals surface area contributed by atoms with Crippen molar-refractivity contribution in [1.29, 1.82) is 0 Å². The fraction of sp³-hybridized carbons (Fsp3) is 0.185. The molecule has 1 saturated heterocycles. The first-order valence-corrected chi connectivity index (χ1v) is 11.5. The topological polar surface area (TPSA) is 114 Å². The third-order valence-electron chi connectivity index (χ3n) is 5.65. The van der Waals surface area contributed by atoms with Crippen LogP contribution in [0.1, 0.15) is 27.9 Å². The first-order chi connectivity index (χ1) is 17.8. The maximum atomic E-state index is 13.0. The van der Waals surface area contributed by atoms with Crippen LogP contribution in [0, 0.1) is 5.82 Å². The molecule has 0 aromatic heterocycles. The Morgan fingerprint density at radius 1 is 0.946 bits per heavy atom. The zero-order chi connectivity index (χ0) is 26.4. The molecule has 2 N–H and O–H groups in total. The van der Waals surface area contributed by atoms with Crippen molar-refractivity contribution in [3.05, 3.63) is 89.2 Å². The number of halogens is 1. The minimum absolute atomic E-state index is 0.151. The van der Waals surface area contributed by atoms with Crippen LogP contribution in [-0.4, -0.2) is 42.3 Å². The predicted octanol–water partition coefficient (Wildman–Crippen LogP) is 3.57. The van der Waals surface area contributed by atoms with Crippen LogP contribution in [0.2, 0.25) is 0 Å². The van der Waals surface area contributed by atoms with Gasteiger partial charge in [0.05, 0.1) is 19.2 Å². The molecule has 1 aliphatic rings. The lowest BCUT2D eigenvalue weighted by atomic mass is 10.1. The van der Waals surface area contributed by atoms with Crippen molar-refractivity contribution in [3.63, 3.8) is 0 Å². The zero-order valence-electron chi connectivity index (χ0n) is 20.0. The Hall–Kier alpha value is -4.73. The van der Waals surface area contributed by atoms with Gasteiger partial charge in [-0.3, -0.25) is 24.6 Å². The van der Waals surface area contributed by atoms with Gasteiger partial charge in [0.2, 0.25) is 0 Å². The van der Waals surface area contributed by atoms with Gasteiger partial charge >= 0.3 is 17.8 Å². The Kier molecular flexibility index (Phi) is 7.77. The maximum absolute atomic E-state index is 13.0. The number of carbonyl (C=O) groups excluding carboxylic acids is 4. The fourth-order valence-electron chi connectivity index (χ4n) is 3.74. The van der Waals surface area contributed by atoms with Gasteiger partial charge in [0.15, 0.2) is 0 Å². The highest BCUT2D eigenvalue weighted by Crippen LogP contribution is 2.23. The minimum atomic E-state index is -0.980. The highest BCUT2D eigenvalue weighted by molar-refractivity contribution is 6.44. The molecule has 0 saturated carbocycles. The number of rotatable bonds is 10. The van der Waals surface area contributed by atoms with E-state index in [9.17, 15) is 23.6 Å². The summed E-state index contributed by atoms with van der Waals surface area (Å²) in [6, 6.07) is 17.2. The number of carbonyl (C=O) groups is 4. The highest BCUT2D eigenvalue weighted by Gasteiger charge is 2.36. The second-order valence-corrected chi connectivity index (χ2v) is 8.24. The van der Waals surface area contributed by atoms with Gasteiger partial charge < -0.3 is 14.8 Å². The van der Waals surface area contributed by atoms with Crippen LogP contribution in [0.5, 0.6) is 17.2 Å². The monoisotopic (exact) mass is 505 g/mol. The van der Waals surface area contributed by atoms with Gasteiger partial charge in [0.1, 0.15) is 23.1 Å². The quantitative estimate of drug-likeness (QED) is 0.247. The van der Waals surface area contributed by atoms with E-state index in [1.54, 1.807) is 24.3 Å². The lowest BCUT2D eigenvalue weighted by molar-refractivity contribution is -0.140. The van der Waals surface area contributed by atoms with Gasteiger partial charge in [-0.25, -0.2) is 9.18 Å². The van der Waals surface area contributed by atoms with Crippen LogP contribution in [0.15, 0.2) is 66.7 Å². The van der Waals surface area contributed by atoms with Crippen molar-refractivity contribution < 1.29 is 33.0 Å². The molecule has 0 radical (unpaired) electrons. The summed E-state index contributed by atoms with van der Waals surface area (Å²) < 4.78 is 24.0. The number of hydrogen-bond donors (Lipinski definition) is 2. The molecule has 0 atom stereocenters. The second-order valence-electron chi connectivity index (χ2n) is 8.24. The van der Waals surface area contributed by atoms with E-state index in [0.29, 0.717) is 42.2 Å². The molecule has 3 aromatic carbocycles. The Bertz CT molecular complexity index is 1320. The van der Waals surface area contributed by atoms with E-state index in [1.807, 2.05) is 29.6 Å². The van der Waals surface area contributed by atoms with Crippen LogP contribution in [0.3, 0.4) is 0 Å². The normalized spacial score (nSPS) is 12.9. The van der Waals surface area contributed by atoms with Gasteiger partial charge in [-0.15, -0.1) is 0 Å². The standard InChI is InChI=1S/C27H24FN3O6/c1-36-23-13-6-18(16-31-26(34)25(33)30-27(31)35)15-22(23)24(32)29-14-2-3-17-4-9-20(10-5-17)37-21-11-7-19(28)8-12-21/h4-13,15H,2-3,14,16H2,1H3,(H,29,32)(H,30,33,35). The van der Waals surface area contributed by atoms with E-state index >= 15 is 0 Å². The number of methoxy groups -OCH3 is 1. The number of nitrogens with one attached hydrogen (secondary N) is 2. The van der Waals surface area contributed by atoms with Crippen molar-refractivity contribution in [2.24, 2.45) is 0 Å².